The molecule has 2 unspecified atom stereocenters. The zero-order chi connectivity index (χ0) is 18.3. The van der Waals surface area contributed by atoms with E-state index < -0.39 is 0 Å². The van der Waals surface area contributed by atoms with Gasteiger partial charge in [-0.1, -0.05) is 24.3 Å². The van der Waals surface area contributed by atoms with Crippen LogP contribution >= 0.6 is 0 Å². The van der Waals surface area contributed by atoms with Crippen molar-refractivity contribution in [3.05, 3.63) is 59.7 Å². The third kappa shape index (κ3) is 6.64. The molecule has 2 aliphatic heterocycles. The van der Waals surface area contributed by atoms with Gasteiger partial charge in [0.1, 0.15) is 36.9 Å². The smallest absolute Gasteiger partial charge is 0.434 e. The zero-order valence-corrected chi connectivity index (χ0v) is 16.0. The molecule has 2 aliphatic rings. The molecule has 4 rings (SSSR count). The Kier molecular flexibility index (Phi) is 6.39. The van der Waals surface area contributed by atoms with Gasteiger partial charge in [-0.2, -0.15) is 0 Å². The summed E-state index contributed by atoms with van der Waals surface area (Å²) in [4.78, 5) is 0. The third-order valence-corrected chi connectivity index (χ3v) is 4.64. The largest absolute Gasteiger partial charge is 0.491 e. The van der Waals surface area contributed by atoms with E-state index in [2.05, 4.69) is 0 Å². The Morgan fingerprint density at radius 1 is 0.704 bits per heavy atom. The second-order valence-electron chi connectivity index (χ2n) is 6.48. The second kappa shape index (κ2) is 9.34. The van der Waals surface area contributed by atoms with Gasteiger partial charge >= 0.3 is 10.0 Å². The minimum absolute atomic E-state index is 0.00743. The zero-order valence-electron chi connectivity index (χ0n) is 15.0. The van der Waals surface area contributed by atoms with Crippen LogP contribution in [0.25, 0.3) is 0 Å². The molecule has 2 fully saturated rings. The SMILES string of the molecule is c1cc(OCC2CO2)ccc1CO[Si]OCc1ccc(OCC2CO2)cc1. The van der Waals surface area contributed by atoms with Crippen LogP contribution in [0, 0.1) is 0 Å². The predicted molar refractivity (Wildman–Crippen MR) is 98.7 cm³/mol. The molecule has 2 aromatic rings. The molecule has 0 aliphatic carbocycles. The molecule has 0 N–H and O–H groups in total. The summed E-state index contributed by atoms with van der Waals surface area (Å²) < 4.78 is 32.6. The molecule has 0 spiro atoms. The first kappa shape index (κ1) is 18.5. The van der Waals surface area contributed by atoms with E-state index in [0.717, 1.165) is 35.8 Å². The number of epoxide rings is 2. The molecular weight excluding hydrogens is 364 g/mol. The van der Waals surface area contributed by atoms with Crippen LogP contribution in [0.3, 0.4) is 0 Å². The van der Waals surface area contributed by atoms with Crippen molar-refractivity contribution in [1.29, 1.82) is 0 Å². The summed E-state index contributed by atoms with van der Waals surface area (Å²) >= 11 is 0. The van der Waals surface area contributed by atoms with Crippen molar-refractivity contribution in [2.75, 3.05) is 26.4 Å². The van der Waals surface area contributed by atoms with E-state index in [1.807, 2.05) is 48.5 Å². The van der Waals surface area contributed by atoms with Crippen molar-refractivity contribution in [1.82, 2.24) is 0 Å². The predicted octanol–water partition coefficient (Wildman–Crippen LogP) is 2.51. The van der Waals surface area contributed by atoms with Crippen LogP contribution in [-0.4, -0.2) is 48.6 Å². The lowest BCUT2D eigenvalue weighted by atomic mass is 10.2. The fraction of sp³-hybridized carbons (Fsp3) is 0.400. The lowest BCUT2D eigenvalue weighted by molar-refractivity contribution is 0.207. The van der Waals surface area contributed by atoms with Crippen LogP contribution < -0.4 is 9.47 Å². The van der Waals surface area contributed by atoms with Gasteiger partial charge < -0.3 is 27.8 Å². The topological polar surface area (TPSA) is 62.0 Å². The molecule has 27 heavy (non-hydrogen) atoms. The van der Waals surface area contributed by atoms with E-state index in [1.165, 1.54) is 0 Å². The summed E-state index contributed by atoms with van der Waals surface area (Å²) in [6.45, 7) is 3.88. The first-order valence-corrected chi connectivity index (χ1v) is 9.82. The van der Waals surface area contributed by atoms with Gasteiger partial charge in [-0.15, -0.1) is 0 Å². The van der Waals surface area contributed by atoms with Crippen molar-refractivity contribution in [3.8, 4) is 11.5 Å². The number of hydrogen-bond donors (Lipinski definition) is 0. The van der Waals surface area contributed by atoms with Gasteiger partial charge in [0, 0.05) is 0 Å². The standard InChI is InChI=1S/C20H22O6Si/c1-5-17(21-11-19-13-23-19)6-2-15(1)9-25-27-26-10-16-3-7-18(8-4-16)22-12-20-14-24-20/h1-8,19-20H,9-14H2. The third-order valence-electron chi connectivity index (χ3n) is 4.12. The Bertz CT molecular complexity index is 636. The molecule has 0 bridgehead atoms. The van der Waals surface area contributed by atoms with Crippen LogP contribution in [-0.2, 0) is 31.5 Å². The van der Waals surface area contributed by atoms with Crippen LogP contribution in [0.2, 0.25) is 0 Å². The summed E-state index contributed by atoms with van der Waals surface area (Å²) in [5.41, 5.74) is 2.17. The molecular formula is C20H22O6Si. The highest BCUT2D eigenvalue weighted by Gasteiger charge is 2.23. The van der Waals surface area contributed by atoms with Crippen molar-refractivity contribution in [2.24, 2.45) is 0 Å². The Labute approximate surface area is 161 Å². The maximum absolute atomic E-state index is 5.61. The van der Waals surface area contributed by atoms with Crippen molar-refractivity contribution in [3.63, 3.8) is 0 Å². The molecule has 2 saturated heterocycles. The molecule has 6 nitrogen and oxygen atoms in total. The molecule has 2 atom stereocenters. The van der Waals surface area contributed by atoms with E-state index >= 15 is 0 Å². The lowest BCUT2D eigenvalue weighted by Crippen LogP contribution is -2.06. The minimum atomic E-state index is -0.00743. The van der Waals surface area contributed by atoms with Crippen LogP contribution in [0.4, 0.5) is 0 Å². The maximum Gasteiger partial charge on any atom is 0.434 e. The van der Waals surface area contributed by atoms with Crippen LogP contribution in [0.1, 0.15) is 11.1 Å². The van der Waals surface area contributed by atoms with Crippen LogP contribution in [0.15, 0.2) is 48.5 Å². The van der Waals surface area contributed by atoms with Crippen molar-refractivity contribution in [2.45, 2.75) is 25.4 Å². The highest BCUT2D eigenvalue weighted by atomic mass is 28.3. The van der Waals surface area contributed by atoms with Crippen LogP contribution in [0.5, 0.6) is 11.5 Å². The average Bonchev–Trinajstić information content (AvgIpc) is 3.61. The second-order valence-corrected chi connectivity index (χ2v) is 7.23. The Balaban J connectivity index is 1.08. The first-order valence-electron chi connectivity index (χ1n) is 9.00. The van der Waals surface area contributed by atoms with Gasteiger partial charge in [0.25, 0.3) is 0 Å². The lowest BCUT2D eigenvalue weighted by Gasteiger charge is -2.07. The quantitative estimate of drug-likeness (QED) is 0.317. The fourth-order valence-corrected chi connectivity index (χ4v) is 2.87. The Morgan fingerprint density at radius 2 is 1.11 bits per heavy atom. The number of rotatable bonds is 12. The van der Waals surface area contributed by atoms with E-state index in [0.29, 0.717) is 26.4 Å². The van der Waals surface area contributed by atoms with Gasteiger partial charge in [-0.25, -0.2) is 0 Å². The van der Waals surface area contributed by atoms with Crippen molar-refractivity contribution < 1.29 is 27.8 Å². The summed E-state index contributed by atoms with van der Waals surface area (Å²) in [6.07, 6.45) is 0.542. The van der Waals surface area contributed by atoms with Gasteiger partial charge in [0.15, 0.2) is 0 Å². The minimum Gasteiger partial charge on any atom is -0.491 e. The summed E-state index contributed by atoms with van der Waals surface area (Å²) in [5.74, 6) is 1.70. The molecule has 142 valence electrons. The molecule has 2 radical (unpaired) electrons. The Hall–Kier alpha value is -1.90. The Morgan fingerprint density at radius 3 is 1.48 bits per heavy atom. The molecule has 2 heterocycles. The first-order chi connectivity index (χ1) is 13.3. The summed E-state index contributed by atoms with van der Waals surface area (Å²) in [7, 11) is -0.00743. The molecule has 7 heteroatoms. The highest BCUT2D eigenvalue weighted by molar-refractivity contribution is 6.17. The van der Waals surface area contributed by atoms with E-state index in [9.17, 15) is 0 Å². The van der Waals surface area contributed by atoms with E-state index in [-0.39, 0.29) is 22.2 Å². The van der Waals surface area contributed by atoms with E-state index in [1.54, 1.807) is 0 Å². The fourth-order valence-electron chi connectivity index (χ4n) is 2.34. The molecule has 2 aromatic carbocycles. The maximum atomic E-state index is 5.61. The molecule has 0 aromatic heterocycles. The highest BCUT2D eigenvalue weighted by Crippen LogP contribution is 2.17. The van der Waals surface area contributed by atoms with Gasteiger partial charge in [0.05, 0.1) is 26.4 Å². The average molecular weight is 386 g/mol. The monoisotopic (exact) mass is 386 g/mol. The van der Waals surface area contributed by atoms with Gasteiger partial charge in [-0.3, -0.25) is 0 Å². The molecule has 0 amide bonds. The van der Waals surface area contributed by atoms with E-state index in [4.69, 9.17) is 27.8 Å². The van der Waals surface area contributed by atoms with Gasteiger partial charge in [0.2, 0.25) is 0 Å². The summed E-state index contributed by atoms with van der Waals surface area (Å²) in [6, 6.07) is 15.8. The number of hydrogen-bond acceptors (Lipinski definition) is 6. The van der Waals surface area contributed by atoms with Gasteiger partial charge in [-0.05, 0) is 35.4 Å². The normalized spacial score (nSPS) is 20.3. The number of ether oxygens (including phenoxy) is 4. The number of benzene rings is 2. The molecule has 0 saturated carbocycles. The summed E-state index contributed by atoms with van der Waals surface area (Å²) in [5, 5.41) is 0. The van der Waals surface area contributed by atoms with Crippen molar-refractivity contribution >= 4 is 10.0 Å².